The van der Waals surface area contributed by atoms with Crippen molar-refractivity contribution in [1.82, 2.24) is 14.8 Å². The number of aromatic nitrogens is 3. The number of hydrogen-bond acceptors (Lipinski definition) is 7. The van der Waals surface area contributed by atoms with Crippen LogP contribution in [0.15, 0.2) is 84.3 Å². The molecule has 9 nitrogen and oxygen atoms in total. The maximum Gasteiger partial charge on any atom is 0.255 e. The third-order valence-electron chi connectivity index (χ3n) is 6.32. The van der Waals surface area contributed by atoms with E-state index in [0.29, 0.717) is 52.3 Å². The largest absolute Gasteiger partial charge is 0.495 e. The van der Waals surface area contributed by atoms with Crippen LogP contribution in [0, 0.1) is 5.82 Å². The Balaban J connectivity index is 1.50. The lowest BCUT2D eigenvalue weighted by atomic mass is 9.94. The van der Waals surface area contributed by atoms with Gasteiger partial charge in [0.15, 0.2) is 11.5 Å². The summed E-state index contributed by atoms with van der Waals surface area (Å²) in [7, 11) is 1.55. The van der Waals surface area contributed by atoms with Gasteiger partial charge >= 0.3 is 0 Å². The first-order valence-electron chi connectivity index (χ1n) is 12.4. The molecule has 0 spiro atoms. The SMILES string of the molecule is CCOc1cc(C2C(C(=O)Nc3ccccc3OC)=C(C)Nc3ncnn32)ccc1OCc1ccccc1F. The summed E-state index contributed by atoms with van der Waals surface area (Å²) < 4.78 is 33.0. The summed E-state index contributed by atoms with van der Waals surface area (Å²) >= 11 is 0. The number of carbonyl (C=O) groups excluding carboxylic acids is 1. The quantitative estimate of drug-likeness (QED) is 0.302. The summed E-state index contributed by atoms with van der Waals surface area (Å²) in [6, 6.07) is 18.4. The van der Waals surface area contributed by atoms with Crippen molar-refractivity contribution in [3.63, 3.8) is 0 Å². The van der Waals surface area contributed by atoms with E-state index in [2.05, 4.69) is 20.7 Å². The van der Waals surface area contributed by atoms with Crippen molar-refractivity contribution < 1.29 is 23.4 Å². The minimum Gasteiger partial charge on any atom is -0.495 e. The maximum absolute atomic E-state index is 14.1. The topological polar surface area (TPSA) is 99.5 Å². The Morgan fingerprint density at radius 1 is 1.05 bits per heavy atom. The summed E-state index contributed by atoms with van der Waals surface area (Å²) in [6.45, 7) is 4.11. The van der Waals surface area contributed by atoms with Gasteiger partial charge in [-0.05, 0) is 49.7 Å². The van der Waals surface area contributed by atoms with Gasteiger partial charge in [-0.3, -0.25) is 4.79 Å². The zero-order valence-electron chi connectivity index (χ0n) is 21.8. The molecular weight excluding hydrogens is 501 g/mol. The molecule has 0 aliphatic carbocycles. The highest BCUT2D eigenvalue weighted by molar-refractivity contribution is 6.06. The molecule has 200 valence electrons. The standard InChI is InChI=1S/C29H28FN5O4/c1-4-38-25-15-19(13-14-24(25)39-16-20-9-5-6-10-21(20)30)27-26(18(2)33-29-31-17-32-35(27)29)28(36)34-22-11-7-8-12-23(22)37-3/h5-15,17,27H,4,16H2,1-3H3,(H,34,36)(H,31,32,33). The Hall–Kier alpha value is -4.86. The van der Waals surface area contributed by atoms with Crippen LogP contribution in [0.4, 0.5) is 16.0 Å². The predicted molar refractivity (Wildman–Crippen MR) is 144 cm³/mol. The van der Waals surface area contributed by atoms with Gasteiger partial charge in [-0.25, -0.2) is 9.07 Å². The van der Waals surface area contributed by atoms with E-state index in [0.717, 1.165) is 5.56 Å². The maximum atomic E-state index is 14.1. The summed E-state index contributed by atoms with van der Waals surface area (Å²) in [4.78, 5) is 18.0. The van der Waals surface area contributed by atoms with Gasteiger partial charge in [0.2, 0.25) is 5.95 Å². The number of rotatable bonds is 9. The fourth-order valence-corrected chi connectivity index (χ4v) is 4.48. The molecule has 1 aliphatic heterocycles. The molecule has 2 heterocycles. The highest BCUT2D eigenvalue weighted by atomic mass is 19.1. The van der Waals surface area contributed by atoms with Crippen molar-refractivity contribution in [2.45, 2.75) is 26.5 Å². The molecule has 0 saturated heterocycles. The molecule has 2 N–H and O–H groups in total. The minimum atomic E-state index is -0.613. The van der Waals surface area contributed by atoms with Gasteiger partial charge in [-0.15, -0.1) is 0 Å². The van der Waals surface area contributed by atoms with E-state index in [1.54, 1.807) is 48.2 Å². The molecule has 0 saturated carbocycles. The predicted octanol–water partition coefficient (Wildman–Crippen LogP) is 5.33. The van der Waals surface area contributed by atoms with E-state index in [1.807, 2.05) is 38.1 Å². The number of nitrogens with one attached hydrogen (secondary N) is 2. The van der Waals surface area contributed by atoms with Gasteiger partial charge in [-0.1, -0.05) is 36.4 Å². The summed E-state index contributed by atoms with van der Waals surface area (Å²) in [5.74, 6) is 1.30. The molecule has 1 amide bonds. The van der Waals surface area contributed by atoms with Crippen LogP contribution in [0.1, 0.15) is 31.0 Å². The van der Waals surface area contributed by atoms with Crippen LogP contribution >= 0.6 is 0 Å². The Morgan fingerprint density at radius 3 is 2.64 bits per heavy atom. The average Bonchev–Trinajstić information content (AvgIpc) is 3.41. The van der Waals surface area contributed by atoms with Crippen LogP contribution in [-0.2, 0) is 11.4 Å². The fourth-order valence-electron chi connectivity index (χ4n) is 4.48. The first kappa shape index (κ1) is 25.8. The van der Waals surface area contributed by atoms with Gasteiger partial charge < -0.3 is 24.8 Å². The monoisotopic (exact) mass is 529 g/mol. The van der Waals surface area contributed by atoms with E-state index in [1.165, 1.54) is 12.4 Å². The molecule has 5 rings (SSSR count). The van der Waals surface area contributed by atoms with Gasteiger partial charge in [0.1, 0.15) is 30.5 Å². The molecule has 1 aliphatic rings. The minimum absolute atomic E-state index is 0.0399. The number of allylic oxidation sites excluding steroid dienone is 1. The molecule has 0 fully saturated rings. The highest BCUT2D eigenvalue weighted by Gasteiger charge is 2.34. The lowest BCUT2D eigenvalue weighted by Crippen LogP contribution is -2.31. The lowest BCUT2D eigenvalue weighted by Gasteiger charge is -2.29. The van der Waals surface area contributed by atoms with Crippen LogP contribution in [0.5, 0.6) is 17.2 Å². The van der Waals surface area contributed by atoms with E-state index in [-0.39, 0.29) is 18.3 Å². The van der Waals surface area contributed by atoms with Crippen LogP contribution in [0.3, 0.4) is 0 Å². The number of benzene rings is 3. The van der Waals surface area contributed by atoms with Crippen molar-refractivity contribution in [2.75, 3.05) is 24.4 Å². The number of methoxy groups -OCH3 is 1. The number of ether oxygens (including phenoxy) is 3. The number of carbonyl (C=O) groups is 1. The average molecular weight is 530 g/mol. The molecule has 0 radical (unpaired) electrons. The normalized spacial score (nSPS) is 14.3. The van der Waals surface area contributed by atoms with Crippen molar-refractivity contribution in [3.05, 3.63) is 101 Å². The third-order valence-corrected chi connectivity index (χ3v) is 6.32. The van der Waals surface area contributed by atoms with Gasteiger partial charge in [-0.2, -0.15) is 10.1 Å². The van der Waals surface area contributed by atoms with Crippen LogP contribution in [0.25, 0.3) is 0 Å². The van der Waals surface area contributed by atoms with E-state index in [9.17, 15) is 9.18 Å². The van der Waals surface area contributed by atoms with Gasteiger partial charge in [0, 0.05) is 11.3 Å². The first-order valence-corrected chi connectivity index (χ1v) is 12.4. The molecule has 10 heteroatoms. The Kier molecular flexibility index (Phi) is 7.44. The van der Waals surface area contributed by atoms with Crippen molar-refractivity contribution in [2.24, 2.45) is 0 Å². The second-order valence-corrected chi connectivity index (χ2v) is 8.77. The zero-order valence-corrected chi connectivity index (χ0v) is 21.8. The van der Waals surface area contributed by atoms with Crippen LogP contribution in [0.2, 0.25) is 0 Å². The second kappa shape index (κ2) is 11.3. The number of fused-ring (bicyclic) bond motifs is 1. The van der Waals surface area contributed by atoms with Gasteiger partial charge in [0.05, 0.1) is 25.0 Å². The number of halogens is 1. The molecule has 4 aromatic rings. The van der Waals surface area contributed by atoms with E-state index in [4.69, 9.17) is 14.2 Å². The van der Waals surface area contributed by atoms with E-state index >= 15 is 0 Å². The number of amides is 1. The lowest BCUT2D eigenvalue weighted by molar-refractivity contribution is -0.113. The highest BCUT2D eigenvalue weighted by Crippen LogP contribution is 2.39. The number of anilines is 2. The Morgan fingerprint density at radius 2 is 1.85 bits per heavy atom. The van der Waals surface area contributed by atoms with Crippen molar-refractivity contribution >= 4 is 17.5 Å². The molecule has 0 bridgehead atoms. The zero-order chi connectivity index (χ0) is 27.4. The fraction of sp³-hybridized carbons (Fsp3) is 0.207. The van der Waals surface area contributed by atoms with Crippen LogP contribution in [-0.4, -0.2) is 34.4 Å². The molecule has 1 unspecified atom stereocenters. The molecule has 1 atom stereocenters. The van der Waals surface area contributed by atoms with Crippen molar-refractivity contribution in [3.8, 4) is 17.2 Å². The van der Waals surface area contributed by atoms with Crippen molar-refractivity contribution in [1.29, 1.82) is 0 Å². The third kappa shape index (κ3) is 5.26. The molecular formula is C29H28FN5O4. The number of para-hydroxylation sites is 2. The Bertz CT molecular complexity index is 1530. The first-order chi connectivity index (χ1) is 19.0. The summed E-state index contributed by atoms with van der Waals surface area (Å²) in [6.07, 6.45) is 1.43. The summed E-state index contributed by atoms with van der Waals surface area (Å²) in [5.41, 5.74) is 2.78. The summed E-state index contributed by atoms with van der Waals surface area (Å²) in [5, 5.41) is 10.5. The Labute approximate surface area is 225 Å². The molecule has 3 aromatic carbocycles. The number of nitrogens with zero attached hydrogens (tertiary/aromatic N) is 3. The smallest absolute Gasteiger partial charge is 0.255 e. The van der Waals surface area contributed by atoms with E-state index < -0.39 is 6.04 Å². The molecule has 1 aromatic heterocycles. The second-order valence-electron chi connectivity index (χ2n) is 8.77. The molecule has 39 heavy (non-hydrogen) atoms. The number of hydrogen-bond donors (Lipinski definition) is 2. The van der Waals surface area contributed by atoms with Gasteiger partial charge in [0.25, 0.3) is 5.91 Å². The van der Waals surface area contributed by atoms with Crippen LogP contribution < -0.4 is 24.8 Å².